The molecule has 2 aliphatic rings. The van der Waals surface area contributed by atoms with Gasteiger partial charge in [0.05, 0.1) is 12.6 Å². The lowest BCUT2D eigenvalue weighted by Gasteiger charge is -2.24. The van der Waals surface area contributed by atoms with E-state index in [9.17, 15) is 4.79 Å². The van der Waals surface area contributed by atoms with Crippen LogP contribution in [-0.4, -0.2) is 31.5 Å². The lowest BCUT2D eigenvalue weighted by atomic mass is 10.2. The Hall–Kier alpha value is -0.610. The van der Waals surface area contributed by atoms with E-state index in [4.69, 9.17) is 9.47 Å². The molecular weight excluding hydrogens is 182 g/mol. The molecule has 2 fully saturated rings. The Morgan fingerprint density at radius 2 is 2.36 bits per heavy atom. The largest absolute Gasteiger partial charge is 0.353 e. The fraction of sp³-hybridized carbons (Fsp3) is 0.900. The predicted octanol–water partition coefficient (Wildman–Crippen LogP) is 0.808. The third-order valence-electron chi connectivity index (χ3n) is 2.71. The summed E-state index contributed by atoms with van der Waals surface area (Å²) in [4.78, 5) is 10.9. The minimum Gasteiger partial charge on any atom is -0.353 e. The number of amides is 1. The van der Waals surface area contributed by atoms with Gasteiger partial charge in [0.15, 0.2) is 6.29 Å². The highest BCUT2D eigenvalue weighted by Gasteiger charge is 2.22. The van der Waals surface area contributed by atoms with Gasteiger partial charge in [0.1, 0.15) is 0 Å². The van der Waals surface area contributed by atoms with Crippen molar-refractivity contribution < 1.29 is 14.3 Å². The van der Waals surface area contributed by atoms with E-state index in [1.165, 1.54) is 6.42 Å². The number of nitrogens with one attached hydrogen (secondary N) is 1. The van der Waals surface area contributed by atoms with Gasteiger partial charge in [-0.15, -0.1) is 0 Å². The SMILES string of the molecule is O=C1CCC(CO[C@H]2CCCCO2)N1. The van der Waals surface area contributed by atoms with Gasteiger partial charge in [-0.2, -0.15) is 0 Å². The number of hydrogen-bond acceptors (Lipinski definition) is 3. The van der Waals surface area contributed by atoms with Crippen LogP contribution in [0.1, 0.15) is 32.1 Å². The molecule has 2 aliphatic heterocycles. The average Bonchev–Trinajstić information content (AvgIpc) is 2.63. The van der Waals surface area contributed by atoms with Gasteiger partial charge in [0, 0.05) is 13.0 Å². The van der Waals surface area contributed by atoms with Crippen molar-refractivity contribution in [3.63, 3.8) is 0 Å². The summed E-state index contributed by atoms with van der Waals surface area (Å²) in [5.41, 5.74) is 0. The van der Waals surface area contributed by atoms with E-state index in [2.05, 4.69) is 5.32 Å². The van der Waals surface area contributed by atoms with E-state index in [1.54, 1.807) is 0 Å². The van der Waals surface area contributed by atoms with Gasteiger partial charge in [-0.25, -0.2) is 0 Å². The first-order valence-electron chi connectivity index (χ1n) is 5.37. The molecule has 1 unspecified atom stereocenters. The Bertz CT molecular complexity index is 202. The number of ether oxygens (including phenoxy) is 2. The van der Waals surface area contributed by atoms with E-state index in [0.717, 1.165) is 25.9 Å². The molecular formula is C10H17NO3. The minimum absolute atomic E-state index is 0.0405. The lowest BCUT2D eigenvalue weighted by molar-refractivity contribution is -0.165. The Balaban J connectivity index is 1.63. The van der Waals surface area contributed by atoms with Gasteiger partial charge in [-0.1, -0.05) is 0 Å². The Morgan fingerprint density at radius 3 is 3.00 bits per heavy atom. The molecule has 0 aromatic heterocycles. The van der Waals surface area contributed by atoms with Crippen LogP contribution in [0.4, 0.5) is 0 Å². The van der Waals surface area contributed by atoms with Crippen molar-refractivity contribution in [3.8, 4) is 0 Å². The normalized spacial score (nSPS) is 33.0. The van der Waals surface area contributed by atoms with Gasteiger partial charge >= 0.3 is 0 Å². The van der Waals surface area contributed by atoms with E-state index in [-0.39, 0.29) is 18.2 Å². The molecule has 1 amide bonds. The lowest BCUT2D eigenvalue weighted by Crippen LogP contribution is -2.33. The molecule has 2 rings (SSSR count). The van der Waals surface area contributed by atoms with Crippen LogP contribution in [0.3, 0.4) is 0 Å². The van der Waals surface area contributed by atoms with Crippen molar-refractivity contribution in [2.24, 2.45) is 0 Å². The number of carbonyl (C=O) groups is 1. The highest BCUT2D eigenvalue weighted by molar-refractivity contribution is 5.78. The molecule has 2 atom stereocenters. The average molecular weight is 199 g/mol. The van der Waals surface area contributed by atoms with Crippen LogP contribution >= 0.6 is 0 Å². The Morgan fingerprint density at radius 1 is 1.43 bits per heavy atom. The molecule has 14 heavy (non-hydrogen) atoms. The zero-order chi connectivity index (χ0) is 9.80. The maximum atomic E-state index is 10.9. The van der Waals surface area contributed by atoms with Crippen LogP contribution in [0.15, 0.2) is 0 Å². The second kappa shape index (κ2) is 4.75. The molecule has 0 aliphatic carbocycles. The topological polar surface area (TPSA) is 47.6 Å². The minimum atomic E-state index is -0.0405. The molecule has 0 bridgehead atoms. The smallest absolute Gasteiger partial charge is 0.220 e. The van der Waals surface area contributed by atoms with Gasteiger partial charge < -0.3 is 14.8 Å². The summed E-state index contributed by atoms with van der Waals surface area (Å²) in [5.74, 6) is 0.142. The maximum absolute atomic E-state index is 10.9. The molecule has 80 valence electrons. The highest BCUT2D eigenvalue weighted by Crippen LogP contribution is 2.15. The summed E-state index contributed by atoms with van der Waals surface area (Å²) in [6.07, 6.45) is 4.80. The Kier molecular flexibility index (Phi) is 3.37. The van der Waals surface area contributed by atoms with Crippen molar-refractivity contribution in [1.29, 1.82) is 0 Å². The monoisotopic (exact) mass is 199 g/mol. The second-order valence-electron chi connectivity index (χ2n) is 3.93. The number of hydrogen-bond donors (Lipinski definition) is 1. The van der Waals surface area contributed by atoms with Crippen molar-refractivity contribution >= 4 is 5.91 Å². The van der Waals surface area contributed by atoms with E-state index < -0.39 is 0 Å². The van der Waals surface area contributed by atoms with Gasteiger partial charge in [0.25, 0.3) is 0 Å². The summed E-state index contributed by atoms with van der Waals surface area (Å²) in [6.45, 7) is 1.40. The molecule has 0 aromatic carbocycles. The van der Waals surface area contributed by atoms with Gasteiger partial charge in [-0.3, -0.25) is 4.79 Å². The van der Waals surface area contributed by atoms with Crippen molar-refractivity contribution in [2.75, 3.05) is 13.2 Å². The third-order valence-corrected chi connectivity index (χ3v) is 2.71. The molecule has 4 heteroatoms. The second-order valence-corrected chi connectivity index (χ2v) is 3.93. The number of rotatable bonds is 3. The van der Waals surface area contributed by atoms with Crippen molar-refractivity contribution in [1.82, 2.24) is 5.32 Å². The van der Waals surface area contributed by atoms with Crippen LogP contribution < -0.4 is 5.32 Å². The van der Waals surface area contributed by atoms with Crippen LogP contribution in [0, 0.1) is 0 Å². The summed E-state index contributed by atoms with van der Waals surface area (Å²) in [7, 11) is 0. The summed E-state index contributed by atoms with van der Waals surface area (Å²) in [6, 6.07) is 0.202. The predicted molar refractivity (Wildman–Crippen MR) is 50.7 cm³/mol. The van der Waals surface area contributed by atoms with Crippen LogP contribution in [-0.2, 0) is 14.3 Å². The molecule has 0 spiro atoms. The molecule has 0 saturated carbocycles. The third kappa shape index (κ3) is 2.69. The van der Waals surface area contributed by atoms with E-state index >= 15 is 0 Å². The Labute approximate surface area is 84.0 Å². The first kappa shape index (κ1) is 9.93. The van der Waals surface area contributed by atoms with Gasteiger partial charge in [0.2, 0.25) is 5.91 Å². The zero-order valence-electron chi connectivity index (χ0n) is 8.33. The summed E-state index contributed by atoms with van der Waals surface area (Å²) in [5, 5.41) is 2.87. The van der Waals surface area contributed by atoms with E-state index in [0.29, 0.717) is 13.0 Å². The maximum Gasteiger partial charge on any atom is 0.220 e. The summed E-state index contributed by atoms with van der Waals surface area (Å²) < 4.78 is 11.0. The van der Waals surface area contributed by atoms with Crippen molar-refractivity contribution in [3.05, 3.63) is 0 Å². The number of carbonyl (C=O) groups excluding carboxylic acids is 1. The molecule has 0 radical (unpaired) electrons. The molecule has 0 aromatic rings. The quantitative estimate of drug-likeness (QED) is 0.731. The molecule has 1 N–H and O–H groups in total. The highest BCUT2D eigenvalue weighted by atomic mass is 16.7. The first-order chi connectivity index (χ1) is 6.84. The van der Waals surface area contributed by atoms with Gasteiger partial charge in [-0.05, 0) is 25.7 Å². The fourth-order valence-corrected chi connectivity index (χ4v) is 1.87. The molecule has 4 nitrogen and oxygen atoms in total. The van der Waals surface area contributed by atoms with Crippen LogP contribution in [0.25, 0.3) is 0 Å². The van der Waals surface area contributed by atoms with E-state index in [1.807, 2.05) is 0 Å². The molecule has 2 saturated heterocycles. The van der Waals surface area contributed by atoms with Crippen LogP contribution in [0.5, 0.6) is 0 Å². The van der Waals surface area contributed by atoms with Crippen LogP contribution in [0.2, 0.25) is 0 Å². The van der Waals surface area contributed by atoms with Crippen molar-refractivity contribution in [2.45, 2.75) is 44.4 Å². The first-order valence-corrected chi connectivity index (χ1v) is 5.37. The fourth-order valence-electron chi connectivity index (χ4n) is 1.87. The zero-order valence-corrected chi connectivity index (χ0v) is 8.33. The molecule has 2 heterocycles. The standard InChI is InChI=1S/C10H17NO3/c12-9-5-4-8(11-9)7-14-10-3-1-2-6-13-10/h8,10H,1-7H2,(H,11,12)/t8?,10-/m0/s1. The summed E-state index contributed by atoms with van der Waals surface area (Å²) >= 11 is 0.